The predicted octanol–water partition coefficient (Wildman–Crippen LogP) is 2.27. The summed E-state index contributed by atoms with van der Waals surface area (Å²) >= 11 is 3.56. The molecule has 0 aliphatic heterocycles. The van der Waals surface area contributed by atoms with Crippen LogP contribution in [-0.4, -0.2) is 6.04 Å². The van der Waals surface area contributed by atoms with Gasteiger partial charge < -0.3 is 5.73 Å². The molecule has 2 rings (SSSR count). The van der Waals surface area contributed by atoms with Crippen LogP contribution in [0.5, 0.6) is 0 Å². The van der Waals surface area contributed by atoms with E-state index in [4.69, 9.17) is 5.73 Å². The third-order valence-corrected chi connectivity index (χ3v) is 3.21. The van der Waals surface area contributed by atoms with Crippen LogP contribution in [0.2, 0.25) is 0 Å². The minimum atomic E-state index is 0.367. The summed E-state index contributed by atoms with van der Waals surface area (Å²) in [5, 5.41) is 0. The molecule has 1 nitrogen and oxygen atoms in total. The Balaban J connectivity index is 2.42. The molecule has 1 aromatic rings. The lowest BCUT2D eigenvalue weighted by Gasteiger charge is -2.22. The first-order chi connectivity index (χ1) is 5.77. The van der Waals surface area contributed by atoms with Crippen LogP contribution in [0.25, 0.3) is 0 Å². The van der Waals surface area contributed by atoms with E-state index in [-0.39, 0.29) is 0 Å². The summed E-state index contributed by atoms with van der Waals surface area (Å²) in [6, 6.07) is 6.74. The molecule has 1 atom stereocenters. The van der Waals surface area contributed by atoms with E-state index in [0.29, 0.717) is 6.04 Å². The van der Waals surface area contributed by atoms with Crippen molar-refractivity contribution in [3.05, 3.63) is 33.8 Å². The van der Waals surface area contributed by atoms with Crippen molar-refractivity contribution in [3.8, 4) is 0 Å². The quantitative estimate of drug-likeness (QED) is 0.721. The second-order valence-corrected chi connectivity index (χ2v) is 4.23. The SMILES string of the molecule is N[C@@H]1CCc2c(Br)cccc2C1. The molecular weight excluding hydrogens is 214 g/mol. The van der Waals surface area contributed by atoms with Crippen molar-refractivity contribution >= 4 is 15.9 Å². The molecule has 64 valence electrons. The third kappa shape index (κ3) is 1.41. The summed E-state index contributed by atoms with van der Waals surface area (Å²) < 4.78 is 1.24. The number of rotatable bonds is 0. The van der Waals surface area contributed by atoms with E-state index in [1.165, 1.54) is 15.6 Å². The van der Waals surface area contributed by atoms with Gasteiger partial charge in [0.25, 0.3) is 0 Å². The monoisotopic (exact) mass is 225 g/mol. The highest BCUT2D eigenvalue weighted by atomic mass is 79.9. The topological polar surface area (TPSA) is 26.0 Å². The van der Waals surface area contributed by atoms with Gasteiger partial charge in [-0.15, -0.1) is 0 Å². The van der Waals surface area contributed by atoms with Gasteiger partial charge in [-0.2, -0.15) is 0 Å². The number of halogens is 1. The molecule has 1 aliphatic rings. The van der Waals surface area contributed by atoms with E-state index >= 15 is 0 Å². The summed E-state index contributed by atoms with van der Waals surface area (Å²) in [6.07, 6.45) is 3.28. The van der Waals surface area contributed by atoms with Crippen molar-refractivity contribution in [3.63, 3.8) is 0 Å². The first-order valence-corrected chi connectivity index (χ1v) is 5.08. The van der Waals surface area contributed by atoms with Gasteiger partial charge >= 0.3 is 0 Å². The molecule has 0 radical (unpaired) electrons. The molecule has 0 bridgehead atoms. The van der Waals surface area contributed by atoms with Crippen molar-refractivity contribution in [2.24, 2.45) is 5.73 Å². The van der Waals surface area contributed by atoms with Crippen LogP contribution in [0.4, 0.5) is 0 Å². The summed E-state index contributed by atoms with van der Waals surface area (Å²) in [7, 11) is 0. The van der Waals surface area contributed by atoms with Crippen LogP contribution in [0.1, 0.15) is 17.5 Å². The van der Waals surface area contributed by atoms with Gasteiger partial charge in [0.2, 0.25) is 0 Å². The van der Waals surface area contributed by atoms with Crippen LogP contribution < -0.4 is 5.73 Å². The summed E-state index contributed by atoms with van der Waals surface area (Å²) in [5.41, 5.74) is 8.76. The van der Waals surface area contributed by atoms with Gasteiger partial charge in [0.05, 0.1) is 0 Å². The molecule has 0 unspecified atom stereocenters. The molecule has 12 heavy (non-hydrogen) atoms. The molecule has 2 N–H and O–H groups in total. The lowest BCUT2D eigenvalue weighted by molar-refractivity contribution is 0.575. The predicted molar refractivity (Wildman–Crippen MR) is 54.1 cm³/mol. The Morgan fingerprint density at radius 2 is 2.25 bits per heavy atom. The van der Waals surface area contributed by atoms with Gasteiger partial charge in [-0.05, 0) is 36.5 Å². The molecule has 0 heterocycles. The molecule has 0 aromatic heterocycles. The third-order valence-electron chi connectivity index (χ3n) is 2.46. The summed E-state index contributed by atoms with van der Waals surface area (Å²) in [5.74, 6) is 0. The highest BCUT2D eigenvalue weighted by molar-refractivity contribution is 9.10. The Hall–Kier alpha value is -0.340. The van der Waals surface area contributed by atoms with Crippen molar-refractivity contribution in [2.75, 3.05) is 0 Å². The fourth-order valence-electron chi connectivity index (χ4n) is 1.79. The molecule has 0 fully saturated rings. The van der Waals surface area contributed by atoms with E-state index in [1.807, 2.05) is 0 Å². The molecule has 2 heteroatoms. The van der Waals surface area contributed by atoms with Crippen molar-refractivity contribution in [1.82, 2.24) is 0 Å². The highest BCUT2D eigenvalue weighted by Gasteiger charge is 2.16. The second kappa shape index (κ2) is 3.19. The molecule has 0 amide bonds. The molecule has 0 saturated heterocycles. The van der Waals surface area contributed by atoms with Gasteiger partial charge in [0.15, 0.2) is 0 Å². The van der Waals surface area contributed by atoms with Gasteiger partial charge in [-0.1, -0.05) is 28.1 Å². The van der Waals surface area contributed by atoms with E-state index in [2.05, 4.69) is 34.1 Å². The Kier molecular flexibility index (Phi) is 2.20. The normalized spacial score (nSPS) is 22.0. The largest absolute Gasteiger partial charge is 0.327 e. The molecule has 1 aromatic carbocycles. The van der Waals surface area contributed by atoms with Crippen molar-refractivity contribution < 1.29 is 0 Å². The zero-order valence-electron chi connectivity index (χ0n) is 6.89. The maximum Gasteiger partial charge on any atom is 0.0210 e. The maximum absolute atomic E-state index is 5.88. The first kappa shape index (κ1) is 8.27. The smallest absolute Gasteiger partial charge is 0.0210 e. The molecular formula is C10H12BrN. The summed E-state index contributed by atoms with van der Waals surface area (Å²) in [6.45, 7) is 0. The van der Waals surface area contributed by atoms with E-state index < -0.39 is 0 Å². The fraction of sp³-hybridized carbons (Fsp3) is 0.400. The Labute approximate surface area is 81.1 Å². The van der Waals surface area contributed by atoms with Crippen LogP contribution in [0, 0.1) is 0 Å². The minimum absolute atomic E-state index is 0.367. The van der Waals surface area contributed by atoms with Gasteiger partial charge in [-0.25, -0.2) is 0 Å². The minimum Gasteiger partial charge on any atom is -0.327 e. The van der Waals surface area contributed by atoms with Gasteiger partial charge in [0, 0.05) is 10.5 Å². The van der Waals surface area contributed by atoms with Crippen molar-refractivity contribution in [2.45, 2.75) is 25.3 Å². The van der Waals surface area contributed by atoms with Gasteiger partial charge in [0.1, 0.15) is 0 Å². The molecule has 1 aliphatic carbocycles. The van der Waals surface area contributed by atoms with Crippen LogP contribution in [-0.2, 0) is 12.8 Å². The number of nitrogens with two attached hydrogens (primary N) is 1. The first-order valence-electron chi connectivity index (χ1n) is 4.29. The second-order valence-electron chi connectivity index (χ2n) is 3.38. The Morgan fingerprint density at radius 3 is 3.08 bits per heavy atom. The maximum atomic E-state index is 5.88. The average Bonchev–Trinajstić information content (AvgIpc) is 2.04. The highest BCUT2D eigenvalue weighted by Crippen LogP contribution is 2.27. The summed E-state index contributed by atoms with van der Waals surface area (Å²) in [4.78, 5) is 0. The van der Waals surface area contributed by atoms with E-state index in [1.54, 1.807) is 0 Å². The molecule has 0 saturated carbocycles. The number of hydrogen-bond donors (Lipinski definition) is 1. The van der Waals surface area contributed by atoms with Gasteiger partial charge in [-0.3, -0.25) is 0 Å². The van der Waals surface area contributed by atoms with Crippen LogP contribution in [0.15, 0.2) is 22.7 Å². The standard InChI is InChI=1S/C10H12BrN/c11-10-3-1-2-7-6-8(12)4-5-9(7)10/h1-3,8H,4-6,12H2/t8-/m1/s1. The van der Waals surface area contributed by atoms with E-state index in [0.717, 1.165) is 19.3 Å². The number of fused-ring (bicyclic) bond motifs is 1. The average molecular weight is 226 g/mol. The number of hydrogen-bond acceptors (Lipinski definition) is 1. The Morgan fingerprint density at radius 1 is 1.42 bits per heavy atom. The Bertz CT molecular complexity index is 296. The zero-order chi connectivity index (χ0) is 8.55. The van der Waals surface area contributed by atoms with Crippen LogP contribution in [0.3, 0.4) is 0 Å². The van der Waals surface area contributed by atoms with Crippen LogP contribution >= 0.6 is 15.9 Å². The fourth-order valence-corrected chi connectivity index (χ4v) is 2.39. The molecule has 0 spiro atoms. The van der Waals surface area contributed by atoms with Crippen molar-refractivity contribution in [1.29, 1.82) is 0 Å². The lowest BCUT2D eigenvalue weighted by Crippen LogP contribution is -2.27. The zero-order valence-corrected chi connectivity index (χ0v) is 8.47. The lowest BCUT2D eigenvalue weighted by atomic mass is 9.89. The van der Waals surface area contributed by atoms with E-state index in [9.17, 15) is 0 Å². The number of benzene rings is 1.